The number of hydrogen-bond acceptors (Lipinski definition) is 8. The fourth-order valence-corrected chi connectivity index (χ4v) is 3.35. The van der Waals surface area contributed by atoms with Crippen molar-refractivity contribution >= 4 is 34.1 Å². The number of nitrogens with one attached hydrogen (secondary N) is 2. The van der Waals surface area contributed by atoms with Gasteiger partial charge in [-0.05, 0) is 49.6 Å². The number of rotatable bonds is 10. The van der Waals surface area contributed by atoms with Gasteiger partial charge in [0.2, 0.25) is 16.9 Å². The normalized spacial score (nSPS) is 10.4. The number of carbonyl (C=O) groups is 2. The summed E-state index contributed by atoms with van der Waals surface area (Å²) in [5.41, 5.74) is 1.56. The molecule has 0 saturated heterocycles. The largest absolute Gasteiger partial charge is 0.306 e. The Hall–Kier alpha value is -3.53. The molecule has 10 heteroatoms. The molecular formula is C20H21N7O2S. The van der Waals surface area contributed by atoms with Crippen LogP contribution in [0.25, 0.3) is 0 Å². The number of hydrogen-bond donors (Lipinski definition) is 2. The first-order valence-electron chi connectivity index (χ1n) is 9.40. The van der Waals surface area contributed by atoms with Crippen LogP contribution in [0.15, 0.2) is 49.2 Å². The van der Waals surface area contributed by atoms with E-state index in [1.54, 1.807) is 18.3 Å². The van der Waals surface area contributed by atoms with Crippen LogP contribution in [0.1, 0.15) is 29.2 Å². The lowest BCUT2D eigenvalue weighted by Gasteiger charge is -2.02. The third kappa shape index (κ3) is 6.82. The SMILES string of the molecule is C=CC(=O)Nc1ccc(CCCCc2nnc(NC(=O)Cc3ccccn3)s2)nn1. The Labute approximate surface area is 177 Å². The molecule has 154 valence electrons. The van der Waals surface area contributed by atoms with Gasteiger partial charge in [0.25, 0.3) is 0 Å². The molecule has 0 aliphatic heterocycles. The predicted octanol–water partition coefficient (Wildman–Crippen LogP) is 2.59. The number of unbranched alkanes of at least 4 members (excludes halogenated alkanes) is 1. The van der Waals surface area contributed by atoms with E-state index < -0.39 is 0 Å². The van der Waals surface area contributed by atoms with Crippen LogP contribution in [0.2, 0.25) is 0 Å². The summed E-state index contributed by atoms with van der Waals surface area (Å²) >= 11 is 1.38. The highest BCUT2D eigenvalue weighted by Gasteiger charge is 2.09. The molecule has 2 amide bonds. The first kappa shape index (κ1) is 21.2. The lowest BCUT2D eigenvalue weighted by Crippen LogP contribution is -2.14. The van der Waals surface area contributed by atoms with Crippen molar-refractivity contribution in [3.8, 4) is 0 Å². The standard InChI is InChI=1S/C20H21N7O2S/c1-2-17(28)22-16-11-10-14(24-25-16)7-3-4-9-19-26-27-20(30-19)23-18(29)13-15-8-5-6-12-21-15/h2,5-6,8,10-12H,1,3-4,7,9,13H2,(H,22,25,28)(H,23,27,29). The van der Waals surface area contributed by atoms with Crippen molar-refractivity contribution in [1.82, 2.24) is 25.4 Å². The molecule has 0 fully saturated rings. The van der Waals surface area contributed by atoms with E-state index in [2.05, 4.69) is 42.6 Å². The third-order valence-electron chi connectivity index (χ3n) is 4.01. The monoisotopic (exact) mass is 423 g/mol. The molecule has 0 aliphatic rings. The van der Waals surface area contributed by atoms with E-state index in [1.165, 1.54) is 17.4 Å². The molecule has 0 atom stereocenters. The Morgan fingerprint density at radius 1 is 0.967 bits per heavy atom. The number of aryl methyl sites for hydroxylation is 2. The van der Waals surface area contributed by atoms with E-state index >= 15 is 0 Å². The maximum atomic E-state index is 12.1. The second-order valence-corrected chi connectivity index (χ2v) is 7.42. The van der Waals surface area contributed by atoms with E-state index in [9.17, 15) is 9.59 Å². The lowest BCUT2D eigenvalue weighted by molar-refractivity contribution is -0.115. The number of nitrogens with zero attached hydrogens (tertiary/aromatic N) is 5. The fourth-order valence-electron chi connectivity index (χ4n) is 2.56. The number of anilines is 2. The van der Waals surface area contributed by atoms with Gasteiger partial charge in [0.15, 0.2) is 5.82 Å². The van der Waals surface area contributed by atoms with E-state index in [0.717, 1.165) is 36.4 Å². The summed E-state index contributed by atoms with van der Waals surface area (Å²) in [6, 6.07) is 9.02. The number of aromatic nitrogens is 5. The average Bonchev–Trinajstić information content (AvgIpc) is 3.20. The Morgan fingerprint density at radius 3 is 2.57 bits per heavy atom. The molecule has 0 bridgehead atoms. The van der Waals surface area contributed by atoms with Crippen LogP contribution in [0.4, 0.5) is 10.9 Å². The van der Waals surface area contributed by atoms with Crippen LogP contribution in [-0.2, 0) is 28.9 Å². The average molecular weight is 424 g/mol. The van der Waals surface area contributed by atoms with Gasteiger partial charge in [-0.25, -0.2) is 0 Å². The molecule has 0 aliphatic carbocycles. The smallest absolute Gasteiger partial charge is 0.248 e. The van der Waals surface area contributed by atoms with Crippen LogP contribution >= 0.6 is 11.3 Å². The van der Waals surface area contributed by atoms with Gasteiger partial charge in [-0.15, -0.1) is 15.3 Å². The van der Waals surface area contributed by atoms with Crippen LogP contribution in [0, 0.1) is 0 Å². The van der Waals surface area contributed by atoms with Crippen LogP contribution in [0.5, 0.6) is 0 Å². The van der Waals surface area contributed by atoms with Gasteiger partial charge >= 0.3 is 0 Å². The fraction of sp³-hybridized carbons (Fsp3) is 0.250. The number of pyridine rings is 1. The summed E-state index contributed by atoms with van der Waals surface area (Å²) in [6.45, 7) is 3.39. The Balaban J connectivity index is 1.37. The summed E-state index contributed by atoms with van der Waals surface area (Å²) < 4.78 is 0. The molecular weight excluding hydrogens is 402 g/mol. The first-order chi connectivity index (χ1) is 14.6. The topological polar surface area (TPSA) is 123 Å². The van der Waals surface area contributed by atoms with Gasteiger partial charge in [0, 0.05) is 18.3 Å². The highest BCUT2D eigenvalue weighted by molar-refractivity contribution is 7.15. The van der Waals surface area contributed by atoms with Gasteiger partial charge in [-0.3, -0.25) is 14.6 Å². The lowest BCUT2D eigenvalue weighted by atomic mass is 10.1. The van der Waals surface area contributed by atoms with Crippen molar-refractivity contribution in [2.24, 2.45) is 0 Å². The number of amides is 2. The summed E-state index contributed by atoms with van der Waals surface area (Å²) in [5, 5.41) is 22.9. The second-order valence-electron chi connectivity index (χ2n) is 6.36. The maximum Gasteiger partial charge on any atom is 0.248 e. The summed E-state index contributed by atoms with van der Waals surface area (Å²) in [4.78, 5) is 27.4. The summed E-state index contributed by atoms with van der Waals surface area (Å²) in [7, 11) is 0. The minimum absolute atomic E-state index is 0.164. The Morgan fingerprint density at radius 2 is 1.83 bits per heavy atom. The highest BCUT2D eigenvalue weighted by atomic mass is 32.1. The Kier molecular flexibility index (Phi) is 7.67. The first-order valence-corrected chi connectivity index (χ1v) is 10.2. The van der Waals surface area contributed by atoms with Crippen LogP contribution < -0.4 is 10.6 Å². The van der Waals surface area contributed by atoms with Crippen LogP contribution in [0.3, 0.4) is 0 Å². The quantitative estimate of drug-likeness (QED) is 0.379. The van der Waals surface area contributed by atoms with Crippen molar-refractivity contribution in [2.45, 2.75) is 32.1 Å². The van der Waals surface area contributed by atoms with Crippen molar-refractivity contribution in [3.05, 3.63) is 65.6 Å². The minimum atomic E-state index is -0.318. The third-order valence-corrected chi connectivity index (χ3v) is 4.91. The summed E-state index contributed by atoms with van der Waals surface area (Å²) in [5.74, 6) is -0.0840. The molecule has 0 saturated carbocycles. The second kappa shape index (κ2) is 10.9. The minimum Gasteiger partial charge on any atom is -0.306 e. The molecule has 3 aromatic heterocycles. The zero-order valence-corrected chi connectivity index (χ0v) is 17.1. The molecule has 3 rings (SSSR count). The van der Waals surface area contributed by atoms with E-state index in [1.807, 2.05) is 18.2 Å². The van der Waals surface area contributed by atoms with Crippen molar-refractivity contribution in [1.29, 1.82) is 0 Å². The van der Waals surface area contributed by atoms with Crippen LogP contribution in [-0.4, -0.2) is 37.2 Å². The molecule has 0 spiro atoms. The zero-order valence-electron chi connectivity index (χ0n) is 16.2. The Bertz CT molecular complexity index is 990. The van der Waals surface area contributed by atoms with E-state index in [0.29, 0.717) is 16.6 Å². The molecule has 9 nitrogen and oxygen atoms in total. The summed E-state index contributed by atoms with van der Waals surface area (Å²) in [6.07, 6.45) is 6.41. The molecule has 0 radical (unpaired) electrons. The number of carbonyl (C=O) groups excluding carboxylic acids is 2. The highest BCUT2D eigenvalue weighted by Crippen LogP contribution is 2.18. The van der Waals surface area contributed by atoms with Crippen molar-refractivity contribution < 1.29 is 9.59 Å². The molecule has 0 aromatic carbocycles. The van der Waals surface area contributed by atoms with E-state index in [-0.39, 0.29) is 18.2 Å². The van der Waals surface area contributed by atoms with Gasteiger partial charge < -0.3 is 10.6 Å². The van der Waals surface area contributed by atoms with Gasteiger partial charge in [0.05, 0.1) is 12.1 Å². The van der Waals surface area contributed by atoms with Gasteiger partial charge in [-0.2, -0.15) is 5.10 Å². The predicted molar refractivity (Wildman–Crippen MR) is 114 cm³/mol. The maximum absolute atomic E-state index is 12.1. The van der Waals surface area contributed by atoms with Gasteiger partial charge in [-0.1, -0.05) is 24.0 Å². The molecule has 3 aromatic rings. The van der Waals surface area contributed by atoms with Crippen molar-refractivity contribution in [2.75, 3.05) is 10.6 Å². The molecule has 2 N–H and O–H groups in total. The van der Waals surface area contributed by atoms with E-state index in [4.69, 9.17) is 0 Å². The zero-order chi connectivity index (χ0) is 21.2. The molecule has 0 unspecified atom stereocenters. The molecule has 30 heavy (non-hydrogen) atoms. The van der Waals surface area contributed by atoms with Gasteiger partial charge in [0.1, 0.15) is 5.01 Å². The molecule has 3 heterocycles. The van der Waals surface area contributed by atoms with Crippen molar-refractivity contribution in [3.63, 3.8) is 0 Å².